The highest BCUT2D eigenvalue weighted by Gasteiger charge is 2.26. The van der Waals surface area contributed by atoms with Crippen LogP contribution in [0.5, 0.6) is 0 Å². The van der Waals surface area contributed by atoms with Crippen LogP contribution in [0.25, 0.3) is 0 Å². The van der Waals surface area contributed by atoms with Gasteiger partial charge in [0, 0.05) is 0 Å². The second-order valence-electron chi connectivity index (χ2n) is 3.25. The Morgan fingerprint density at radius 3 is 1.50 bits per heavy atom. The van der Waals surface area contributed by atoms with Gasteiger partial charge in [-0.1, -0.05) is 29.9 Å². The predicted octanol–water partition coefficient (Wildman–Crippen LogP) is 3.32. The summed E-state index contributed by atoms with van der Waals surface area (Å²) in [5.41, 5.74) is 0. The van der Waals surface area contributed by atoms with Crippen LogP contribution in [0, 0.1) is 0 Å². The third kappa shape index (κ3) is 1.60. The zero-order chi connectivity index (χ0) is 8.36. The molecule has 0 atom stereocenters. The molecule has 0 amide bonds. The van der Waals surface area contributed by atoms with E-state index in [0.717, 1.165) is 0 Å². The monoisotopic (exact) mass is 154 g/mol. The number of hydrogen-bond acceptors (Lipinski definition) is 0. The molecule has 0 aliphatic rings. The van der Waals surface area contributed by atoms with E-state index in [1.165, 1.54) is 16.4 Å². The van der Waals surface area contributed by atoms with Crippen molar-refractivity contribution in [3.63, 3.8) is 0 Å². The van der Waals surface area contributed by atoms with Crippen molar-refractivity contribution in [2.75, 3.05) is 0 Å². The van der Waals surface area contributed by atoms with Crippen LogP contribution in [0.4, 0.5) is 0 Å². The second kappa shape index (κ2) is 3.20. The Labute approximate surface area is 65.7 Å². The van der Waals surface area contributed by atoms with Crippen molar-refractivity contribution in [3.8, 4) is 0 Å². The van der Waals surface area contributed by atoms with Crippen molar-refractivity contribution in [2.24, 2.45) is 0 Å². The molecule has 0 radical (unpaired) electrons. The summed E-state index contributed by atoms with van der Waals surface area (Å²) < 4.78 is 0. The highest BCUT2D eigenvalue weighted by Crippen LogP contribution is 2.24. The standard InChI is InChI=1S/C9H18Si/c1-7-10(6,8(2)3)9(4)5/h2,4,7H2,1,3,5-6H3. The van der Waals surface area contributed by atoms with Crippen molar-refractivity contribution >= 4 is 8.07 Å². The molecule has 0 aliphatic heterocycles. The summed E-state index contributed by atoms with van der Waals surface area (Å²) in [6.07, 6.45) is 0. The van der Waals surface area contributed by atoms with Gasteiger partial charge in [-0.2, -0.15) is 0 Å². The summed E-state index contributed by atoms with van der Waals surface area (Å²) in [6, 6.07) is 1.23. The molecule has 0 bridgehead atoms. The molecule has 0 aromatic heterocycles. The van der Waals surface area contributed by atoms with Crippen LogP contribution in [-0.4, -0.2) is 8.07 Å². The van der Waals surface area contributed by atoms with Crippen molar-refractivity contribution in [1.29, 1.82) is 0 Å². The topological polar surface area (TPSA) is 0 Å². The smallest absolute Gasteiger partial charge is 0.103 e. The number of hydrogen-bond donors (Lipinski definition) is 0. The molecule has 58 valence electrons. The molecule has 0 saturated carbocycles. The maximum Gasteiger partial charge on any atom is 0.103 e. The van der Waals surface area contributed by atoms with Crippen LogP contribution < -0.4 is 0 Å². The van der Waals surface area contributed by atoms with Gasteiger partial charge in [-0.05, 0) is 13.8 Å². The fourth-order valence-electron chi connectivity index (χ4n) is 0.968. The summed E-state index contributed by atoms with van der Waals surface area (Å²) in [4.78, 5) is 0. The molecule has 0 aromatic rings. The van der Waals surface area contributed by atoms with E-state index in [2.05, 4.69) is 40.5 Å². The second-order valence-corrected chi connectivity index (χ2v) is 8.32. The van der Waals surface area contributed by atoms with Crippen LogP contribution >= 0.6 is 0 Å². The van der Waals surface area contributed by atoms with Crippen molar-refractivity contribution in [3.05, 3.63) is 23.6 Å². The van der Waals surface area contributed by atoms with Crippen LogP contribution in [0.15, 0.2) is 23.6 Å². The third-order valence-electron chi connectivity index (χ3n) is 2.59. The highest BCUT2D eigenvalue weighted by atomic mass is 28.3. The maximum atomic E-state index is 4.02. The number of allylic oxidation sites excluding steroid dienone is 2. The highest BCUT2D eigenvalue weighted by molar-refractivity contribution is 6.91. The van der Waals surface area contributed by atoms with Crippen LogP contribution in [0.3, 0.4) is 0 Å². The first-order chi connectivity index (χ1) is 4.45. The molecular formula is C9H18Si. The molecule has 0 spiro atoms. The molecule has 0 saturated heterocycles. The average Bonchev–Trinajstić information content (AvgIpc) is 1.85. The first kappa shape index (κ1) is 9.70. The Morgan fingerprint density at radius 2 is 1.50 bits per heavy atom. The Hall–Kier alpha value is -0.303. The Balaban J connectivity index is 4.55. The minimum absolute atomic E-state index is 1.23. The zero-order valence-corrected chi connectivity index (χ0v) is 8.62. The summed E-state index contributed by atoms with van der Waals surface area (Å²) in [7, 11) is -1.27. The van der Waals surface area contributed by atoms with Gasteiger partial charge in [-0.25, -0.2) is 0 Å². The summed E-state index contributed by atoms with van der Waals surface area (Å²) >= 11 is 0. The molecule has 0 rings (SSSR count). The Bertz CT molecular complexity index is 142. The normalized spacial score (nSPS) is 11.2. The lowest BCUT2D eigenvalue weighted by atomic mass is 10.7. The SMILES string of the molecule is C=C(C)[Si](C)(CC)C(=C)C. The number of rotatable bonds is 3. The van der Waals surface area contributed by atoms with Gasteiger partial charge in [0.25, 0.3) is 0 Å². The van der Waals surface area contributed by atoms with Crippen molar-refractivity contribution < 1.29 is 0 Å². The van der Waals surface area contributed by atoms with Crippen LogP contribution in [0.2, 0.25) is 12.6 Å². The van der Waals surface area contributed by atoms with Gasteiger partial charge in [0.2, 0.25) is 0 Å². The first-order valence-corrected chi connectivity index (χ1v) is 6.47. The van der Waals surface area contributed by atoms with E-state index < -0.39 is 8.07 Å². The van der Waals surface area contributed by atoms with Crippen molar-refractivity contribution in [2.45, 2.75) is 33.4 Å². The lowest BCUT2D eigenvalue weighted by Crippen LogP contribution is -2.32. The van der Waals surface area contributed by atoms with Gasteiger partial charge >= 0.3 is 0 Å². The minimum atomic E-state index is -1.27. The quantitative estimate of drug-likeness (QED) is 0.547. The van der Waals surface area contributed by atoms with Crippen LogP contribution in [0.1, 0.15) is 20.8 Å². The molecular weight excluding hydrogens is 136 g/mol. The first-order valence-electron chi connectivity index (χ1n) is 3.77. The van der Waals surface area contributed by atoms with E-state index in [4.69, 9.17) is 0 Å². The summed E-state index contributed by atoms with van der Waals surface area (Å²) in [5.74, 6) is 0. The molecule has 0 heterocycles. The molecule has 10 heavy (non-hydrogen) atoms. The molecule has 0 N–H and O–H groups in total. The van der Waals surface area contributed by atoms with E-state index in [0.29, 0.717) is 0 Å². The zero-order valence-electron chi connectivity index (χ0n) is 7.62. The maximum absolute atomic E-state index is 4.02. The van der Waals surface area contributed by atoms with Crippen LogP contribution in [-0.2, 0) is 0 Å². The molecule has 0 nitrogen and oxygen atoms in total. The molecule has 0 aromatic carbocycles. The summed E-state index contributed by atoms with van der Waals surface area (Å²) in [6.45, 7) is 16.9. The van der Waals surface area contributed by atoms with E-state index in [-0.39, 0.29) is 0 Å². The summed E-state index contributed by atoms with van der Waals surface area (Å²) in [5, 5.41) is 2.70. The predicted molar refractivity (Wildman–Crippen MR) is 51.7 cm³/mol. The molecule has 1 heteroatoms. The average molecular weight is 154 g/mol. The van der Waals surface area contributed by atoms with E-state index in [9.17, 15) is 0 Å². The van der Waals surface area contributed by atoms with Crippen molar-refractivity contribution in [1.82, 2.24) is 0 Å². The fraction of sp³-hybridized carbons (Fsp3) is 0.556. The van der Waals surface area contributed by atoms with E-state index in [1.807, 2.05) is 0 Å². The van der Waals surface area contributed by atoms with Gasteiger partial charge < -0.3 is 0 Å². The lowest BCUT2D eigenvalue weighted by Gasteiger charge is -2.26. The largest absolute Gasteiger partial charge is 0.104 e. The molecule has 0 aliphatic carbocycles. The van der Waals surface area contributed by atoms with Gasteiger partial charge in [0.05, 0.1) is 0 Å². The molecule has 0 fully saturated rings. The van der Waals surface area contributed by atoms with Gasteiger partial charge in [0.15, 0.2) is 0 Å². The van der Waals surface area contributed by atoms with Gasteiger partial charge in [0.1, 0.15) is 8.07 Å². The van der Waals surface area contributed by atoms with E-state index >= 15 is 0 Å². The van der Waals surface area contributed by atoms with Gasteiger partial charge in [-0.15, -0.1) is 13.2 Å². The third-order valence-corrected chi connectivity index (χ3v) is 7.77. The van der Waals surface area contributed by atoms with E-state index in [1.54, 1.807) is 0 Å². The molecule has 0 unspecified atom stereocenters. The fourth-order valence-corrected chi connectivity index (χ4v) is 2.90. The van der Waals surface area contributed by atoms with Gasteiger partial charge in [-0.3, -0.25) is 0 Å². The minimum Gasteiger partial charge on any atom is -0.104 e. The lowest BCUT2D eigenvalue weighted by molar-refractivity contribution is 1.32. The Morgan fingerprint density at radius 1 is 1.20 bits per heavy atom. The Kier molecular flexibility index (Phi) is 3.10.